The number of aliphatic carboxylic acids is 1. The highest BCUT2D eigenvalue weighted by atomic mass is 79.9. The van der Waals surface area contributed by atoms with Gasteiger partial charge < -0.3 is 20.8 Å². The predicted molar refractivity (Wildman–Crippen MR) is 82.3 cm³/mol. The highest BCUT2D eigenvalue weighted by Gasteiger charge is 2.19. The number of carboxylic acids is 1. The van der Waals surface area contributed by atoms with Crippen LogP contribution in [-0.2, 0) is 4.79 Å². The maximum Gasteiger partial charge on any atom is 0.328 e. The van der Waals surface area contributed by atoms with Gasteiger partial charge in [0.25, 0.3) is 0 Å². The van der Waals surface area contributed by atoms with E-state index < -0.39 is 24.6 Å². The van der Waals surface area contributed by atoms with E-state index in [1.54, 1.807) is 12.1 Å². The maximum absolute atomic E-state index is 11.8. The van der Waals surface area contributed by atoms with E-state index in [1.807, 2.05) is 24.3 Å². The Kier molecular flexibility index (Phi) is 4.77. The number of carbonyl (C=O) groups is 2. The highest BCUT2D eigenvalue weighted by molar-refractivity contribution is 9.10. The van der Waals surface area contributed by atoms with E-state index >= 15 is 0 Å². The van der Waals surface area contributed by atoms with Gasteiger partial charge in [0.05, 0.1) is 12.3 Å². The summed E-state index contributed by atoms with van der Waals surface area (Å²) in [6.45, 7) is -0.677. The van der Waals surface area contributed by atoms with Crippen LogP contribution in [0.25, 0.3) is 10.8 Å². The molecule has 0 heterocycles. The average molecular weight is 353 g/mol. The summed E-state index contributed by atoms with van der Waals surface area (Å²) in [5, 5.41) is 24.2. The number of hydrogen-bond acceptors (Lipinski definition) is 3. The van der Waals surface area contributed by atoms with Crippen LogP contribution in [0, 0.1) is 0 Å². The molecule has 2 aromatic rings. The lowest BCUT2D eigenvalue weighted by molar-refractivity contribution is -0.140. The normalized spacial score (nSPS) is 11.9. The van der Waals surface area contributed by atoms with E-state index in [2.05, 4.69) is 26.6 Å². The quantitative estimate of drug-likeness (QED) is 0.677. The first-order chi connectivity index (χ1) is 10.0. The molecule has 0 bridgehead atoms. The monoisotopic (exact) mass is 352 g/mol. The summed E-state index contributed by atoms with van der Waals surface area (Å²) >= 11 is 3.43. The zero-order valence-electron chi connectivity index (χ0n) is 10.8. The first-order valence-corrected chi connectivity index (χ1v) is 6.90. The van der Waals surface area contributed by atoms with E-state index in [0.29, 0.717) is 5.69 Å². The number of carboxylic acid groups (broad SMARTS) is 1. The number of aliphatic hydroxyl groups is 1. The highest BCUT2D eigenvalue weighted by Crippen LogP contribution is 2.29. The minimum absolute atomic E-state index is 0.549. The number of halogens is 1. The van der Waals surface area contributed by atoms with Gasteiger partial charge in [-0.3, -0.25) is 0 Å². The molecule has 0 saturated carbocycles. The fourth-order valence-corrected chi connectivity index (χ4v) is 2.35. The second-order valence-corrected chi connectivity index (χ2v) is 5.17. The smallest absolute Gasteiger partial charge is 0.328 e. The first-order valence-electron chi connectivity index (χ1n) is 6.11. The molecule has 0 aliphatic rings. The largest absolute Gasteiger partial charge is 0.480 e. The Labute approximate surface area is 128 Å². The van der Waals surface area contributed by atoms with E-state index in [9.17, 15) is 9.59 Å². The van der Waals surface area contributed by atoms with Gasteiger partial charge in [0, 0.05) is 9.86 Å². The number of anilines is 1. The summed E-state index contributed by atoms with van der Waals surface area (Å²) in [5.74, 6) is -1.30. The van der Waals surface area contributed by atoms with Gasteiger partial charge in [0.1, 0.15) is 0 Å². The average Bonchev–Trinajstić information content (AvgIpc) is 2.47. The Bertz CT molecular complexity index is 690. The van der Waals surface area contributed by atoms with Crippen LogP contribution in [0.4, 0.5) is 10.5 Å². The summed E-state index contributed by atoms with van der Waals surface area (Å²) in [7, 11) is 0. The van der Waals surface area contributed by atoms with Crippen molar-refractivity contribution in [1.29, 1.82) is 0 Å². The zero-order chi connectivity index (χ0) is 15.4. The van der Waals surface area contributed by atoms with E-state index in [0.717, 1.165) is 15.2 Å². The molecule has 0 aliphatic heterocycles. The van der Waals surface area contributed by atoms with Crippen LogP contribution in [0.15, 0.2) is 40.9 Å². The fourth-order valence-electron chi connectivity index (χ4n) is 1.87. The third-order valence-electron chi connectivity index (χ3n) is 2.91. The number of benzene rings is 2. The number of rotatable bonds is 4. The van der Waals surface area contributed by atoms with Crippen molar-refractivity contribution in [2.24, 2.45) is 0 Å². The lowest BCUT2D eigenvalue weighted by atomic mass is 10.1. The number of urea groups is 1. The molecule has 0 fully saturated rings. The van der Waals surface area contributed by atoms with Gasteiger partial charge in [-0.05, 0) is 17.5 Å². The van der Waals surface area contributed by atoms with Crippen molar-refractivity contribution in [2.75, 3.05) is 11.9 Å². The fraction of sp³-hybridized carbons (Fsp3) is 0.143. The Balaban J connectivity index is 2.22. The van der Waals surface area contributed by atoms with E-state index in [1.165, 1.54) is 0 Å². The number of nitrogens with one attached hydrogen (secondary N) is 2. The van der Waals surface area contributed by atoms with Crippen molar-refractivity contribution in [3.05, 3.63) is 40.9 Å². The summed E-state index contributed by atoms with van der Waals surface area (Å²) < 4.78 is 0.892. The van der Waals surface area contributed by atoms with Crippen LogP contribution in [-0.4, -0.2) is 34.9 Å². The zero-order valence-corrected chi connectivity index (χ0v) is 12.4. The Morgan fingerprint density at radius 3 is 2.43 bits per heavy atom. The van der Waals surface area contributed by atoms with Gasteiger partial charge in [0.2, 0.25) is 0 Å². The summed E-state index contributed by atoms with van der Waals surface area (Å²) in [6, 6.07) is 8.93. The van der Waals surface area contributed by atoms with Gasteiger partial charge in [-0.15, -0.1) is 0 Å². The van der Waals surface area contributed by atoms with E-state index in [-0.39, 0.29) is 0 Å². The number of amides is 2. The lowest BCUT2D eigenvalue weighted by Crippen LogP contribution is -2.45. The number of fused-ring (bicyclic) bond motifs is 1. The molecule has 110 valence electrons. The standard InChI is InChI=1S/C14H13BrN2O4/c15-10-5-6-11(9-4-2-1-3-8(9)10)16-14(21)17-12(7-18)13(19)20/h1-6,12,18H,7H2,(H,19,20)(H2,16,17,21)/t12-/m0/s1. The molecule has 4 N–H and O–H groups in total. The minimum Gasteiger partial charge on any atom is -0.480 e. The van der Waals surface area contributed by atoms with Gasteiger partial charge in [0.15, 0.2) is 6.04 Å². The molecule has 2 aromatic carbocycles. The Morgan fingerprint density at radius 1 is 1.14 bits per heavy atom. The topological polar surface area (TPSA) is 98.7 Å². The third kappa shape index (κ3) is 3.50. The molecule has 1 atom stereocenters. The van der Waals surface area contributed by atoms with Crippen molar-refractivity contribution in [3.8, 4) is 0 Å². The predicted octanol–water partition coefficient (Wildman–Crippen LogP) is 2.17. The first kappa shape index (κ1) is 15.3. The molecule has 6 nitrogen and oxygen atoms in total. The van der Waals surface area contributed by atoms with Gasteiger partial charge in [-0.1, -0.05) is 40.2 Å². The van der Waals surface area contributed by atoms with Crippen molar-refractivity contribution >= 4 is 44.4 Å². The molecule has 0 radical (unpaired) electrons. The third-order valence-corrected chi connectivity index (χ3v) is 3.60. The van der Waals surface area contributed by atoms with Crippen molar-refractivity contribution in [3.63, 3.8) is 0 Å². The van der Waals surface area contributed by atoms with Crippen LogP contribution in [0.1, 0.15) is 0 Å². The molecule has 0 unspecified atom stereocenters. The van der Waals surface area contributed by atoms with Gasteiger partial charge >= 0.3 is 12.0 Å². The Morgan fingerprint density at radius 2 is 1.81 bits per heavy atom. The van der Waals surface area contributed by atoms with Gasteiger partial charge in [-0.25, -0.2) is 9.59 Å². The molecule has 0 spiro atoms. The molecule has 7 heteroatoms. The van der Waals surface area contributed by atoms with Crippen LogP contribution in [0.2, 0.25) is 0 Å². The van der Waals surface area contributed by atoms with Crippen LogP contribution in [0.5, 0.6) is 0 Å². The second-order valence-electron chi connectivity index (χ2n) is 4.31. The molecule has 21 heavy (non-hydrogen) atoms. The SMILES string of the molecule is O=C(Nc1ccc(Br)c2ccccc12)N[C@@H](CO)C(=O)O. The second kappa shape index (κ2) is 6.55. The van der Waals surface area contributed by atoms with Crippen molar-refractivity contribution < 1.29 is 19.8 Å². The summed E-state index contributed by atoms with van der Waals surface area (Å²) in [4.78, 5) is 22.6. The molecular weight excluding hydrogens is 340 g/mol. The Hall–Kier alpha value is -2.12. The molecule has 2 rings (SSSR count). The van der Waals surface area contributed by atoms with Crippen LogP contribution < -0.4 is 10.6 Å². The summed E-state index contributed by atoms with van der Waals surface area (Å²) in [5.41, 5.74) is 0.549. The molecular formula is C14H13BrN2O4. The summed E-state index contributed by atoms with van der Waals surface area (Å²) in [6.07, 6.45) is 0. The number of carbonyl (C=O) groups excluding carboxylic acids is 1. The van der Waals surface area contributed by atoms with Crippen LogP contribution >= 0.6 is 15.9 Å². The molecule has 2 amide bonds. The van der Waals surface area contributed by atoms with Crippen molar-refractivity contribution in [2.45, 2.75) is 6.04 Å². The molecule has 0 aromatic heterocycles. The number of hydrogen-bond donors (Lipinski definition) is 4. The molecule has 0 saturated heterocycles. The molecule has 0 aliphatic carbocycles. The minimum atomic E-state index is -1.34. The van der Waals surface area contributed by atoms with Gasteiger partial charge in [-0.2, -0.15) is 0 Å². The lowest BCUT2D eigenvalue weighted by Gasteiger charge is -2.14. The van der Waals surface area contributed by atoms with Crippen LogP contribution in [0.3, 0.4) is 0 Å². The van der Waals surface area contributed by atoms with Crippen molar-refractivity contribution in [1.82, 2.24) is 5.32 Å². The number of aliphatic hydroxyl groups excluding tert-OH is 1. The van der Waals surface area contributed by atoms with E-state index in [4.69, 9.17) is 10.2 Å². The maximum atomic E-state index is 11.8.